The zero-order valence-corrected chi connectivity index (χ0v) is 25.2. The first-order valence-corrected chi connectivity index (χ1v) is 14.7. The second kappa shape index (κ2) is 16.8. The largest absolute Gasteiger partial charge is 0.490 e. The van der Waals surface area contributed by atoms with E-state index in [1.54, 1.807) is 6.92 Å². The first-order valence-electron chi connectivity index (χ1n) is 14.7. The lowest BCUT2D eigenvalue weighted by Gasteiger charge is -2.15. The van der Waals surface area contributed by atoms with E-state index < -0.39 is 6.10 Å². The topological polar surface area (TPSA) is 63.2 Å². The summed E-state index contributed by atoms with van der Waals surface area (Å²) in [6.45, 7) is 7.81. The molecule has 0 aliphatic rings. The Bertz CT molecular complexity index is 1370. The van der Waals surface area contributed by atoms with Crippen molar-refractivity contribution in [1.82, 2.24) is 0 Å². The Kier molecular flexibility index (Phi) is 12.2. The second-order valence-electron chi connectivity index (χ2n) is 9.98. The Morgan fingerprint density at radius 2 is 1.26 bits per heavy atom. The van der Waals surface area contributed by atoms with Gasteiger partial charge in [0.05, 0.1) is 6.61 Å². The normalized spacial score (nSPS) is 11.9. The fraction of sp³-hybridized carbons (Fsp3) is 0.270. The molecule has 0 bridgehead atoms. The summed E-state index contributed by atoms with van der Waals surface area (Å²) in [6.07, 6.45) is 1.87. The Morgan fingerprint density at radius 1 is 0.674 bits per heavy atom. The third-order valence-electron chi connectivity index (χ3n) is 6.73. The van der Waals surface area contributed by atoms with Crippen LogP contribution in [0.2, 0.25) is 0 Å². The number of rotatable bonds is 16. The van der Waals surface area contributed by atoms with Crippen molar-refractivity contribution < 1.29 is 28.5 Å². The SMILES string of the molecule is CCOC(=O)C(Cc1ccc(OC/C=C(\C)c2cc(OCc3ccccc3)cc(OCc3ccccc3)c2)cc1)OCC. The summed E-state index contributed by atoms with van der Waals surface area (Å²) in [7, 11) is 0. The van der Waals surface area contributed by atoms with E-state index in [1.165, 1.54) is 0 Å². The Labute approximate surface area is 254 Å². The van der Waals surface area contributed by atoms with Gasteiger partial charge in [-0.05, 0) is 78.9 Å². The lowest BCUT2D eigenvalue weighted by atomic mass is 10.1. The van der Waals surface area contributed by atoms with Crippen LogP contribution in [-0.2, 0) is 33.9 Å². The molecular weight excluding hydrogens is 540 g/mol. The van der Waals surface area contributed by atoms with Gasteiger partial charge < -0.3 is 23.7 Å². The van der Waals surface area contributed by atoms with Gasteiger partial charge in [0, 0.05) is 19.1 Å². The summed E-state index contributed by atoms with van der Waals surface area (Å²) in [5, 5.41) is 0. The molecule has 0 amide bonds. The molecule has 1 unspecified atom stereocenters. The average molecular weight is 581 g/mol. The van der Waals surface area contributed by atoms with Crippen LogP contribution < -0.4 is 14.2 Å². The minimum absolute atomic E-state index is 0.329. The lowest BCUT2D eigenvalue weighted by Crippen LogP contribution is -2.28. The van der Waals surface area contributed by atoms with Gasteiger partial charge in [0.15, 0.2) is 6.10 Å². The predicted octanol–water partition coefficient (Wildman–Crippen LogP) is 7.84. The van der Waals surface area contributed by atoms with Crippen molar-refractivity contribution >= 4 is 11.5 Å². The van der Waals surface area contributed by atoms with Gasteiger partial charge in [0.1, 0.15) is 37.1 Å². The van der Waals surface area contributed by atoms with Crippen molar-refractivity contribution in [2.75, 3.05) is 19.8 Å². The highest BCUT2D eigenvalue weighted by atomic mass is 16.6. The molecule has 224 valence electrons. The van der Waals surface area contributed by atoms with E-state index in [9.17, 15) is 4.79 Å². The van der Waals surface area contributed by atoms with Gasteiger partial charge in [0.25, 0.3) is 0 Å². The van der Waals surface area contributed by atoms with Crippen LogP contribution in [0.15, 0.2) is 109 Å². The van der Waals surface area contributed by atoms with Gasteiger partial charge in [-0.15, -0.1) is 0 Å². The number of allylic oxidation sites excluding steroid dienone is 1. The van der Waals surface area contributed by atoms with Crippen LogP contribution in [0.4, 0.5) is 0 Å². The first-order chi connectivity index (χ1) is 21.0. The molecule has 4 aromatic carbocycles. The zero-order valence-electron chi connectivity index (χ0n) is 25.2. The van der Waals surface area contributed by atoms with Gasteiger partial charge in [-0.2, -0.15) is 0 Å². The molecule has 0 spiro atoms. The molecule has 0 N–H and O–H groups in total. The van der Waals surface area contributed by atoms with E-state index in [1.807, 2.05) is 123 Å². The molecule has 0 aromatic heterocycles. The third-order valence-corrected chi connectivity index (χ3v) is 6.73. The molecule has 0 saturated carbocycles. The molecule has 4 rings (SSSR count). The molecule has 0 heterocycles. The predicted molar refractivity (Wildman–Crippen MR) is 169 cm³/mol. The standard InChI is InChI=1S/C37H40O6/c1-4-39-36(37(38)40-5-2)22-29-16-18-33(19-17-29)41-21-20-28(3)32-23-34(42-26-30-12-8-6-9-13-30)25-35(24-32)43-27-31-14-10-7-11-15-31/h6-20,23-25,36H,4-5,21-22,26-27H2,1-3H3/b28-20+. The van der Waals surface area contributed by atoms with Gasteiger partial charge in [-0.25, -0.2) is 4.79 Å². The quantitative estimate of drug-likeness (QED) is 0.126. The van der Waals surface area contributed by atoms with Crippen molar-refractivity contribution in [1.29, 1.82) is 0 Å². The minimum Gasteiger partial charge on any atom is -0.490 e. The van der Waals surface area contributed by atoms with Gasteiger partial charge in [-0.1, -0.05) is 72.8 Å². The molecule has 6 nitrogen and oxygen atoms in total. The minimum atomic E-state index is -0.615. The van der Waals surface area contributed by atoms with Crippen molar-refractivity contribution in [3.63, 3.8) is 0 Å². The van der Waals surface area contributed by atoms with Gasteiger partial charge in [0.2, 0.25) is 0 Å². The smallest absolute Gasteiger partial charge is 0.335 e. The summed E-state index contributed by atoms with van der Waals surface area (Å²) in [5.74, 6) is 1.88. The Balaban J connectivity index is 1.40. The molecule has 0 fully saturated rings. The first kappa shape index (κ1) is 31.4. The van der Waals surface area contributed by atoms with Crippen molar-refractivity contribution in [3.8, 4) is 17.2 Å². The molecule has 6 heteroatoms. The van der Waals surface area contributed by atoms with Crippen LogP contribution in [-0.4, -0.2) is 31.9 Å². The van der Waals surface area contributed by atoms with Crippen LogP contribution in [0.1, 0.15) is 43.0 Å². The summed E-state index contributed by atoms with van der Waals surface area (Å²) in [6, 6.07) is 33.9. The highest BCUT2D eigenvalue weighted by Crippen LogP contribution is 2.29. The third kappa shape index (κ3) is 10.3. The average Bonchev–Trinajstić information content (AvgIpc) is 3.04. The Morgan fingerprint density at radius 3 is 1.79 bits per heavy atom. The highest BCUT2D eigenvalue weighted by molar-refractivity contribution is 5.75. The molecule has 4 aromatic rings. The maximum Gasteiger partial charge on any atom is 0.335 e. The number of ether oxygens (including phenoxy) is 5. The second-order valence-corrected chi connectivity index (χ2v) is 9.98. The number of esters is 1. The fourth-order valence-electron chi connectivity index (χ4n) is 4.41. The molecule has 1 atom stereocenters. The van der Waals surface area contributed by atoms with Crippen LogP contribution in [0.25, 0.3) is 5.57 Å². The van der Waals surface area contributed by atoms with Crippen molar-refractivity contribution in [2.24, 2.45) is 0 Å². The number of hydrogen-bond acceptors (Lipinski definition) is 6. The molecule has 0 aliphatic carbocycles. The maximum absolute atomic E-state index is 12.2. The molecular formula is C37H40O6. The molecule has 0 radical (unpaired) electrons. The highest BCUT2D eigenvalue weighted by Gasteiger charge is 2.20. The van der Waals surface area contributed by atoms with E-state index in [4.69, 9.17) is 23.7 Å². The number of carbonyl (C=O) groups excluding carboxylic acids is 1. The van der Waals surface area contributed by atoms with Crippen LogP contribution >= 0.6 is 0 Å². The van der Waals surface area contributed by atoms with Crippen LogP contribution in [0, 0.1) is 0 Å². The summed E-state index contributed by atoms with van der Waals surface area (Å²) in [5.41, 5.74) is 5.20. The van der Waals surface area contributed by atoms with E-state index >= 15 is 0 Å². The van der Waals surface area contributed by atoms with Gasteiger partial charge in [-0.3, -0.25) is 0 Å². The van der Waals surface area contributed by atoms with Crippen LogP contribution in [0.3, 0.4) is 0 Å². The zero-order chi connectivity index (χ0) is 30.3. The monoisotopic (exact) mass is 580 g/mol. The lowest BCUT2D eigenvalue weighted by molar-refractivity contribution is -0.156. The number of benzene rings is 4. The summed E-state index contributed by atoms with van der Waals surface area (Å²) >= 11 is 0. The maximum atomic E-state index is 12.2. The van der Waals surface area contributed by atoms with Crippen molar-refractivity contribution in [3.05, 3.63) is 131 Å². The Hall–Kier alpha value is -4.55. The summed E-state index contributed by atoms with van der Waals surface area (Å²) < 4.78 is 29.0. The molecule has 0 saturated heterocycles. The summed E-state index contributed by atoms with van der Waals surface area (Å²) in [4.78, 5) is 12.2. The van der Waals surface area contributed by atoms with E-state index in [0.29, 0.717) is 39.5 Å². The van der Waals surface area contributed by atoms with E-state index in [-0.39, 0.29) is 5.97 Å². The molecule has 43 heavy (non-hydrogen) atoms. The van der Waals surface area contributed by atoms with Gasteiger partial charge >= 0.3 is 5.97 Å². The molecule has 0 aliphatic heterocycles. The van der Waals surface area contributed by atoms with E-state index in [0.717, 1.165) is 45.1 Å². The van der Waals surface area contributed by atoms with E-state index in [2.05, 4.69) is 0 Å². The van der Waals surface area contributed by atoms with Crippen LogP contribution in [0.5, 0.6) is 17.2 Å². The number of carbonyl (C=O) groups is 1. The van der Waals surface area contributed by atoms with Crippen molar-refractivity contribution in [2.45, 2.75) is 46.5 Å². The number of hydrogen-bond donors (Lipinski definition) is 0. The fourth-order valence-corrected chi connectivity index (χ4v) is 4.41.